The Kier molecular flexibility index (Phi) is 3.71. The Morgan fingerprint density at radius 3 is 2.44 bits per heavy atom. The third-order valence-electron chi connectivity index (χ3n) is 0.575. The first-order chi connectivity index (χ1) is 4.16. The molecule has 0 aromatic rings. The van der Waals surface area contributed by atoms with Crippen LogP contribution in [0.25, 0.3) is 0 Å². The molecule has 0 N–H and O–H groups in total. The first-order valence-electron chi connectivity index (χ1n) is 2.68. The van der Waals surface area contributed by atoms with Gasteiger partial charge in [0.1, 0.15) is 0 Å². The van der Waals surface area contributed by atoms with E-state index >= 15 is 0 Å². The van der Waals surface area contributed by atoms with Crippen LogP contribution in [0.4, 0.5) is 0 Å². The lowest BCUT2D eigenvalue weighted by atomic mass is 10.5. The van der Waals surface area contributed by atoms with E-state index in [-0.39, 0.29) is 5.97 Å². The minimum Gasteiger partial charge on any atom is -0.365 e. The molecule has 0 rings (SSSR count). The maximum Gasteiger partial charge on any atom is 0.349 e. The summed E-state index contributed by atoms with van der Waals surface area (Å²) in [6, 6.07) is 0. The van der Waals surface area contributed by atoms with E-state index in [1.165, 1.54) is 11.1 Å². The second-order valence-electron chi connectivity index (χ2n) is 1.72. The van der Waals surface area contributed by atoms with E-state index in [0.29, 0.717) is 0 Å². The van der Waals surface area contributed by atoms with E-state index in [1.54, 1.807) is 27.1 Å². The molecule has 3 heteroatoms. The van der Waals surface area contributed by atoms with Gasteiger partial charge in [0, 0.05) is 20.2 Å². The Morgan fingerprint density at radius 2 is 2.11 bits per heavy atom. The first kappa shape index (κ1) is 8.17. The van der Waals surface area contributed by atoms with E-state index < -0.39 is 0 Å². The number of allylic oxidation sites excluding steroid dienone is 1. The van der Waals surface area contributed by atoms with Crippen molar-refractivity contribution in [1.29, 1.82) is 0 Å². The summed E-state index contributed by atoms with van der Waals surface area (Å²) < 4.78 is 0. The molecule has 0 aliphatic heterocycles. The van der Waals surface area contributed by atoms with Crippen LogP contribution in [0.3, 0.4) is 0 Å². The second-order valence-corrected chi connectivity index (χ2v) is 1.72. The topological polar surface area (TPSA) is 29.5 Å². The van der Waals surface area contributed by atoms with Crippen molar-refractivity contribution in [2.45, 2.75) is 6.92 Å². The monoisotopic (exact) mass is 129 g/mol. The van der Waals surface area contributed by atoms with Crippen LogP contribution in [0.1, 0.15) is 6.92 Å². The van der Waals surface area contributed by atoms with Gasteiger partial charge in [-0.25, -0.2) is 4.79 Å². The van der Waals surface area contributed by atoms with Crippen molar-refractivity contribution < 1.29 is 9.63 Å². The van der Waals surface area contributed by atoms with Crippen LogP contribution < -0.4 is 0 Å². The largest absolute Gasteiger partial charge is 0.365 e. The van der Waals surface area contributed by atoms with E-state index in [1.807, 2.05) is 0 Å². The standard InChI is InChI=1S/C6H11NO2/c1-4-5-6(8)9-7(2)3/h4-5H,1-3H3/b5-4+. The van der Waals surface area contributed by atoms with Crippen LogP contribution in [-0.2, 0) is 9.63 Å². The molecule has 0 spiro atoms. The van der Waals surface area contributed by atoms with Gasteiger partial charge in [-0.1, -0.05) is 6.08 Å². The van der Waals surface area contributed by atoms with Crippen molar-refractivity contribution in [3.05, 3.63) is 12.2 Å². The Balaban J connectivity index is 3.51. The van der Waals surface area contributed by atoms with Crippen LogP contribution in [0.2, 0.25) is 0 Å². The van der Waals surface area contributed by atoms with E-state index in [9.17, 15) is 4.79 Å². The Bertz CT molecular complexity index is 118. The highest BCUT2D eigenvalue weighted by atomic mass is 16.7. The van der Waals surface area contributed by atoms with E-state index in [2.05, 4.69) is 4.84 Å². The fourth-order valence-corrected chi connectivity index (χ4v) is 0.346. The number of hydrogen-bond donors (Lipinski definition) is 0. The highest BCUT2D eigenvalue weighted by Crippen LogP contribution is 1.82. The molecule has 0 radical (unpaired) electrons. The molecule has 0 amide bonds. The number of carbonyl (C=O) groups is 1. The summed E-state index contributed by atoms with van der Waals surface area (Å²) in [6.45, 7) is 1.76. The van der Waals surface area contributed by atoms with Gasteiger partial charge in [-0.2, -0.15) is 0 Å². The molecular weight excluding hydrogens is 118 g/mol. The lowest BCUT2D eigenvalue weighted by molar-refractivity contribution is -0.171. The molecule has 9 heavy (non-hydrogen) atoms. The van der Waals surface area contributed by atoms with Gasteiger partial charge in [0.25, 0.3) is 0 Å². The molecular formula is C6H11NO2. The van der Waals surface area contributed by atoms with Crippen molar-refractivity contribution in [3.63, 3.8) is 0 Å². The quantitative estimate of drug-likeness (QED) is 0.403. The fraction of sp³-hybridized carbons (Fsp3) is 0.500. The average Bonchev–Trinajstić information content (AvgIpc) is 1.63. The van der Waals surface area contributed by atoms with Crippen molar-refractivity contribution in [2.75, 3.05) is 14.1 Å². The van der Waals surface area contributed by atoms with Crippen LogP contribution >= 0.6 is 0 Å². The fourth-order valence-electron chi connectivity index (χ4n) is 0.346. The van der Waals surface area contributed by atoms with Gasteiger partial charge in [0.05, 0.1) is 0 Å². The summed E-state index contributed by atoms with van der Waals surface area (Å²) in [4.78, 5) is 15.1. The molecule has 0 heterocycles. The van der Waals surface area contributed by atoms with Crippen LogP contribution in [0, 0.1) is 0 Å². The Hall–Kier alpha value is -0.830. The second kappa shape index (κ2) is 4.09. The number of carbonyl (C=O) groups excluding carboxylic acids is 1. The van der Waals surface area contributed by atoms with Gasteiger partial charge in [-0.05, 0) is 6.92 Å². The third-order valence-corrected chi connectivity index (χ3v) is 0.575. The van der Waals surface area contributed by atoms with Gasteiger partial charge in [0.2, 0.25) is 0 Å². The maximum atomic E-state index is 10.5. The summed E-state index contributed by atoms with van der Waals surface area (Å²) >= 11 is 0. The molecule has 0 aromatic heterocycles. The molecule has 0 aliphatic rings. The number of hydroxylamine groups is 2. The molecule has 52 valence electrons. The van der Waals surface area contributed by atoms with Crippen molar-refractivity contribution in [2.24, 2.45) is 0 Å². The number of rotatable bonds is 2. The summed E-state index contributed by atoms with van der Waals surface area (Å²) in [7, 11) is 3.31. The van der Waals surface area contributed by atoms with Crippen LogP contribution in [-0.4, -0.2) is 25.1 Å². The van der Waals surface area contributed by atoms with Gasteiger partial charge >= 0.3 is 5.97 Å². The highest BCUT2D eigenvalue weighted by molar-refractivity contribution is 5.81. The average molecular weight is 129 g/mol. The van der Waals surface area contributed by atoms with E-state index in [4.69, 9.17) is 0 Å². The lowest BCUT2D eigenvalue weighted by Gasteiger charge is -2.06. The van der Waals surface area contributed by atoms with Crippen LogP contribution in [0.5, 0.6) is 0 Å². The van der Waals surface area contributed by atoms with Crippen molar-refractivity contribution in [3.8, 4) is 0 Å². The zero-order valence-electron chi connectivity index (χ0n) is 5.92. The number of hydrogen-bond acceptors (Lipinski definition) is 3. The molecule has 0 fully saturated rings. The predicted octanol–water partition coefficient (Wildman–Crippen LogP) is 0.582. The summed E-state index contributed by atoms with van der Waals surface area (Å²) in [5, 5.41) is 1.35. The normalized spacial score (nSPS) is 10.7. The van der Waals surface area contributed by atoms with Gasteiger partial charge < -0.3 is 4.84 Å². The summed E-state index contributed by atoms with van der Waals surface area (Å²) in [5.41, 5.74) is 0. The molecule has 0 aromatic carbocycles. The SMILES string of the molecule is C/C=C/C(=O)ON(C)C. The molecule has 0 bridgehead atoms. The molecule has 0 aliphatic carbocycles. The molecule has 0 saturated carbocycles. The minimum absolute atomic E-state index is 0.345. The molecule has 0 atom stereocenters. The van der Waals surface area contributed by atoms with Gasteiger partial charge in [-0.15, -0.1) is 5.06 Å². The van der Waals surface area contributed by atoms with Gasteiger partial charge in [0.15, 0.2) is 0 Å². The first-order valence-corrected chi connectivity index (χ1v) is 2.68. The maximum absolute atomic E-state index is 10.5. The van der Waals surface area contributed by atoms with E-state index in [0.717, 1.165) is 0 Å². The van der Waals surface area contributed by atoms with Crippen molar-refractivity contribution >= 4 is 5.97 Å². The minimum atomic E-state index is -0.345. The van der Waals surface area contributed by atoms with Crippen molar-refractivity contribution in [1.82, 2.24) is 5.06 Å². The third kappa shape index (κ3) is 5.03. The zero-order valence-corrected chi connectivity index (χ0v) is 5.92. The summed E-state index contributed by atoms with van der Waals surface area (Å²) in [6.07, 6.45) is 2.99. The highest BCUT2D eigenvalue weighted by Gasteiger charge is 1.95. The lowest BCUT2D eigenvalue weighted by Crippen LogP contribution is -2.16. The Labute approximate surface area is 54.9 Å². The summed E-state index contributed by atoms with van der Waals surface area (Å²) in [5.74, 6) is -0.345. The smallest absolute Gasteiger partial charge is 0.349 e. The zero-order chi connectivity index (χ0) is 7.28. The van der Waals surface area contributed by atoms with Crippen LogP contribution in [0.15, 0.2) is 12.2 Å². The molecule has 3 nitrogen and oxygen atoms in total. The Morgan fingerprint density at radius 1 is 1.56 bits per heavy atom. The molecule has 0 saturated heterocycles. The predicted molar refractivity (Wildman–Crippen MR) is 34.6 cm³/mol. The molecule has 0 unspecified atom stereocenters. The number of nitrogens with zero attached hydrogens (tertiary/aromatic N) is 1. The van der Waals surface area contributed by atoms with Gasteiger partial charge in [-0.3, -0.25) is 0 Å².